The van der Waals surface area contributed by atoms with Crippen molar-refractivity contribution in [3.05, 3.63) is 0 Å². The first-order valence-corrected chi connectivity index (χ1v) is 3.56. The topological polar surface area (TPSA) is 34.1 Å². The van der Waals surface area contributed by atoms with E-state index in [0.717, 1.165) is 0 Å². The highest BCUT2D eigenvalue weighted by molar-refractivity contribution is 7.23. The summed E-state index contributed by atoms with van der Waals surface area (Å²) in [5, 5.41) is -0.400. The van der Waals surface area contributed by atoms with E-state index in [2.05, 4.69) is 0 Å². The summed E-state index contributed by atoms with van der Waals surface area (Å²) in [4.78, 5) is 9.84. The van der Waals surface area contributed by atoms with Gasteiger partial charge in [0.25, 0.3) is 0 Å². The van der Waals surface area contributed by atoms with E-state index in [9.17, 15) is 9.36 Å². The van der Waals surface area contributed by atoms with Crippen LogP contribution in [-0.2, 0) is 9.36 Å². The Hall–Kier alpha value is 0.190. The van der Waals surface area contributed by atoms with E-state index < -0.39 is 13.7 Å². The molecule has 0 N–H and O–H groups in total. The van der Waals surface area contributed by atoms with Gasteiger partial charge in [-0.15, -0.1) is 0 Å². The predicted octanol–water partition coefficient (Wildman–Crippen LogP) is 0.898. The third-order valence-electron chi connectivity index (χ3n) is 0.459. The van der Waals surface area contributed by atoms with Crippen molar-refractivity contribution in [1.29, 1.82) is 0 Å². The average Bonchev–Trinajstić information content (AvgIpc) is 1.61. The maximum absolute atomic E-state index is 9.84. The third-order valence-corrected chi connectivity index (χ3v) is 1.17. The van der Waals surface area contributed by atoms with Crippen LogP contribution in [0.3, 0.4) is 0 Å². The Bertz CT molecular complexity index is 83.0. The smallest absolute Gasteiger partial charge is 0.222 e. The van der Waals surface area contributed by atoms with Crippen LogP contribution in [0.2, 0.25) is 0 Å². The van der Waals surface area contributed by atoms with Crippen molar-refractivity contribution in [3.8, 4) is 0 Å². The Morgan fingerprint density at radius 2 is 2.29 bits per heavy atom. The summed E-state index contributed by atoms with van der Waals surface area (Å²) in [7, 11) is -0.794. The largest absolute Gasteiger partial charge is 0.330 e. The Labute approximate surface area is 48.1 Å². The molecular formula is C3H6ClO2P. The van der Waals surface area contributed by atoms with Crippen molar-refractivity contribution >= 4 is 25.3 Å². The minimum atomic E-state index is -0.794. The van der Waals surface area contributed by atoms with Crippen LogP contribution in [0.1, 0.15) is 6.42 Å². The molecule has 0 heterocycles. The molecule has 1 atom stereocenters. The van der Waals surface area contributed by atoms with Crippen molar-refractivity contribution in [1.82, 2.24) is 0 Å². The quantitative estimate of drug-likeness (QED) is 0.431. The summed E-state index contributed by atoms with van der Waals surface area (Å²) in [6.07, 6.45) is 0.697. The molecule has 0 bridgehead atoms. The molecule has 0 aromatic carbocycles. The van der Waals surface area contributed by atoms with Crippen LogP contribution < -0.4 is 0 Å². The van der Waals surface area contributed by atoms with Crippen LogP contribution in [0.4, 0.5) is 0 Å². The van der Waals surface area contributed by atoms with Gasteiger partial charge in [-0.25, -0.2) is 0 Å². The van der Waals surface area contributed by atoms with Crippen molar-refractivity contribution < 1.29 is 9.36 Å². The second-order valence-electron chi connectivity index (χ2n) is 1.06. The van der Waals surface area contributed by atoms with Crippen LogP contribution in [0.5, 0.6) is 0 Å². The molecule has 0 fully saturated rings. The first kappa shape index (κ1) is 7.19. The number of carbonyl (C=O) groups is 1. The summed E-state index contributed by atoms with van der Waals surface area (Å²) in [5.41, 5.74) is 0. The van der Waals surface area contributed by atoms with Crippen molar-refractivity contribution in [2.45, 2.75) is 6.42 Å². The Morgan fingerprint density at radius 1 is 1.71 bits per heavy atom. The second-order valence-corrected chi connectivity index (χ2v) is 2.39. The number of rotatable bonds is 3. The van der Waals surface area contributed by atoms with Gasteiger partial charge in [0.2, 0.25) is 5.24 Å². The summed E-state index contributed by atoms with van der Waals surface area (Å²) in [6.45, 7) is 0. The van der Waals surface area contributed by atoms with Gasteiger partial charge < -0.3 is 4.57 Å². The molecule has 0 aromatic rings. The summed E-state index contributed by atoms with van der Waals surface area (Å²) in [5.74, 6) is 0. The van der Waals surface area contributed by atoms with Crippen LogP contribution >= 0.6 is 20.1 Å². The zero-order valence-corrected chi connectivity index (χ0v) is 5.60. The molecule has 7 heavy (non-hydrogen) atoms. The van der Waals surface area contributed by atoms with Crippen molar-refractivity contribution in [3.63, 3.8) is 0 Å². The van der Waals surface area contributed by atoms with Crippen LogP contribution in [0, 0.1) is 0 Å². The Kier molecular flexibility index (Phi) is 4.47. The molecule has 42 valence electrons. The number of hydrogen-bond donors (Lipinski definition) is 0. The molecule has 1 unspecified atom stereocenters. The maximum atomic E-state index is 9.84. The van der Waals surface area contributed by atoms with Crippen molar-refractivity contribution in [2.24, 2.45) is 0 Å². The first-order chi connectivity index (χ1) is 3.27. The lowest BCUT2D eigenvalue weighted by atomic mass is 10.6. The van der Waals surface area contributed by atoms with Gasteiger partial charge in [-0.2, -0.15) is 0 Å². The lowest BCUT2D eigenvalue weighted by Gasteiger charge is -1.78. The molecular weight excluding hydrogens is 134 g/mol. The molecule has 2 nitrogen and oxygen atoms in total. The molecule has 0 saturated heterocycles. The third kappa shape index (κ3) is 6.19. The van der Waals surface area contributed by atoms with E-state index in [1.165, 1.54) is 0 Å². The van der Waals surface area contributed by atoms with Gasteiger partial charge in [0, 0.05) is 12.6 Å². The number of carbonyl (C=O) groups excluding carboxylic acids is 1. The van der Waals surface area contributed by atoms with Gasteiger partial charge >= 0.3 is 0 Å². The minimum absolute atomic E-state index is 0.250. The highest BCUT2D eigenvalue weighted by Crippen LogP contribution is 1.97. The second kappa shape index (κ2) is 4.35. The highest BCUT2D eigenvalue weighted by Gasteiger charge is 1.90. The molecule has 0 spiro atoms. The van der Waals surface area contributed by atoms with Crippen LogP contribution in [-0.4, -0.2) is 11.4 Å². The van der Waals surface area contributed by atoms with Gasteiger partial charge in [-0.3, -0.25) is 4.79 Å². The minimum Gasteiger partial charge on any atom is -0.330 e. The summed E-state index contributed by atoms with van der Waals surface area (Å²) < 4.78 is 9.71. The van der Waals surface area contributed by atoms with Crippen LogP contribution in [0.25, 0.3) is 0 Å². The fraction of sp³-hybridized carbons (Fsp3) is 0.667. The average molecular weight is 141 g/mol. The Balaban J connectivity index is 2.97. The standard InChI is InChI=1S/C3H6ClO2P/c4-3(5)1-2-7-6/h1-2,7H2. The molecule has 0 aliphatic carbocycles. The highest BCUT2D eigenvalue weighted by atomic mass is 35.5. The lowest BCUT2D eigenvalue weighted by Crippen LogP contribution is -1.83. The molecule has 0 aliphatic rings. The predicted molar refractivity (Wildman–Crippen MR) is 30.7 cm³/mol. The van der Waals surface area contributed by atoms with Gasteiger partial charge in [-0.05, 0) is 11.6 Å². The number of hydrogen-bond acceptors (Lipinski definition) is 2. The van der Waals surface area contributed by atoms with Gasteiger partial charge in [0.1, 0.15) is 0 Å². The number of halogens is 1. The van der Waals surface area contributed by atoms with Crippen molar-refractivity contribution in [2.75, 3.05) is 6.16 Å². The lowest BCUT2D eigenvalue weighted by molar-refractivity contribution is -0.111. The van der Waals surface area contributed by atoms with Gasteiger partial charge in [0.05, 0.1) is 8.46 Å². The molecule has 0 amide bonds. The zero-order valence-electron chi connectivity index (χ0n) is 3.69. The molecule has 0 aromatic heterocycles. The SMILES string of the molecule is O=[PH2]CCC(=O)Cl. The van der Waals surface area contributed by atoms with E-state index >= 15 is 0 Å². The van der Waals surface area contributed by atoms with E-state index in [1.807, 2.05) is 0 Å². The van der Waals surface area contributed by atoms with E-state index in [1.54, 1.807) is 0 Å². The van der Waals surface area contributed by atoms with E-state index in [-0.39, 0.29) is 6.42 Å². The summed E-state index contributed by atoms with van der Waals surface area (Å²) >= 11 is 4.89. The van der Waals surface area contributed by atoms with E-state index in [4.69, 9.17) is 11.6 Å². The van der Waals surface area contributed by atoms with Gasteiger partial charge in [0.15, 0.2) is 0 Å². The van der Waals surface area contributed by atoms with Gasteiger partial charge in [-0.1, -0.05) is 0 Å². The molecule has 0 aliphatic heterocycles. The zero-order chi connectivity index (χ0) is 5.70. The summed E-state index contributed by atoms with van der Waals surface area (Å²) in [6, 6.07) is 0. The Morgan fingerprint density at radius 3 is 2.43 bits per heavy atom. The molecule has 0 rings (SSSR count). The fourth-order valence-corrected chi connectivity index (χ4v) is 0.845. The molecule has 4 heteroatoms. The normalized spacial score (nSPS) is 10.4. The first-order valence-electron chi connectivity index (χ1n) is 1.89. The monoisotopic (exact) mass is 140 g/mol. The van der Waals surface area contributed by atoms with E-state index in [0.29, 0.717) is 6.16 Å². The molecule has 0 saturated carbocycles. The molecule has 0 radical (unpaired) electrons. The fourth-order valence-electron chi connectivity index (χ4n) is 0.172. The van der Waals surface area contributed by atoms with Crippen LogP contribution in [0.15, 0.2) is 0 Å². The maximum Gasteiger partial charge on any atom is 0.222 e.